The lowest BCUT2D eigenvalue weighted by molar-refractivity contribution is -0.136. The summed E-state index contributed by atoms with van der Waals surface area (Å²) in [4.78, 5) is 24.7. The van der Waals surface area contributed by atoms with Gasteiger partial charge in [-0.15, -0.1) is 0 Å². The lowest BCUT2D eigenvalue weighted by Crippen LogP contribution is -2.44. The smallest absolute Gasteiger partial charge is 0.354 e. The van der Waals surface area contributed by atoms with E-state index in [0.717, 1.165) is 38.3 Å². The number of halogens is 4. The van der Waals surface area contributed by atoms with Crippen molar-refractivity contribution in [1.29, 1.82) is 0 Å². The summed E-state index contributed by atoms with van der Waals surface area (Å²) in [5, 5.41) is 2.19. The van der Waals surface area contributed by atoms with Crippen molar-refractivity contribution in [3.8, 4) is 0 Å². The van der Waals surface area contributed by atoms with E-state index in [9.17, 15) is 18.0 Å². The summed E-state index contributed by atoms with van der Waals surface area (Å²) in [6.07, 6.45) is -3.42. The summed E-state index contributed by atoms with van der Waals surface area (Å²) in [5.74, 6) is -0.184. The third kappa shape index (κ3) is 4.67. The third-order valence-electron chi connectivity index (χ3n) is 4.25. The highest BCUT2D eigenvalue weighted by molar-refractivity contribution is 6.30. The van der Waals surface area contributed by atoms with Gasteiger partial charge in [0.25, 0.3) is 5.91 Å². The molecule has 0 atom stereocenters. The first-order chi connectivity index (χ1) is 12.7. The molecule has 2 aromatic rings. The zero-order valence-corrected chi connectivity index (χ0v) is 15.2. The molecule has 0 bridgehead atoms. The first-order valence-electron chi connectivity index (χ1n) is 8.17. The Labute approximate surface area is 159 Å². The summed E-state index contributed by atoms with van der Waals surface area (Å²) in [6.45, 7) is 3.18. The van der Waals surface area contributed by atoms with Crippen LogP contribution in [0.5, 0.6) is 0 Å². The molecule has 0 unspecified atom stereocenters. The van der Waals surface area contributed by atoms with Crippen LogP contribution in [0, 0.1) is 0 Å². The number of alkyl halides is 3. The Morgan fingerprint density at radius 3 is 2.52 bits per heavy atom. The summed E-state index contributed by atoms with van der Waals surface area (Å²) < 4.78 is 39.5. The van der Waals surface area contributed by atoms with Crippen molar-refractivity contribution in [2.75, 3.05) is 43.4 Å². The molecule has 10 heteroatoms. The Balaban J connectivity index is 1.80. The highest BCUT2D eigenvalue weighted by Gasteiger charge is 2.34. The van der Waals surface area contributed by atoms with Gasteiger partial charge in [-0.05, 0) is 25.2 Å². The molecule has 0 spiro atoms. The maximum atomic E-state index is 13.2. The fourth-order valence-electron chi connectivity index (χ4n) is 2.73. The average molecular weight is 400 g/mol. The summed E-state index contributed by atoms with van der Waals surface area (Å²) >= 11 is 5.65. The number of carbonyl (C=O) groups excluding carboxylic acids is 1. The SMILES string of the molecule is CN1CCN(c2cc(C(=O)Nc3ccc(Cl)cc3C(F)(F)F)ncn2)CC1. The Hall–Kier alpha value is -2.39. The number of nitrogens with one attached hydrogen (secondary N) is 1. The van der Waals surface area contributed by atoms with E-state index in [1.165, 1.54) is 18.5 Å². The Morgan fingerprint density at radius 1 is 1.15 bits per heavy atom. The lowest BCUT2D eigenvalue weighted by atomic mass is 10.1. The van der Waals surface area contributed by atoms with E-state index < -0.39 is 17.6 Å². The predicted molar refractivity (Wildman–Crippen MR) is 96.1 cm³/mol. The average Bonchev–Trinajstić information content (AvgIpc) is 2.63. The van der Waals surface area contributed by atoms with Crippen molar-refractivity contribution in [2.45, 2.75) is 6.18 Å². The highest BCUT2D eigenvalue weighted by atomic mass is 35.5. The minimum Gasteiger partial charge on any atom is -0.354 e. The number of amides is 1. The van der Waals surface area contributed by atoms with Gasteiger partial charge in [-0.1, -0.05) is 11.6 Å². The minimum absolute atomic E-state index is 0.0120. The second kappa shape index (κ2) is 7.69. The van der Waals surface area contributed by atoms with Crippen LogP contribution < -0.4 is 10.2 Å². The van der Waals surface area contributed by atoms with Crippen molar-refractivity contribution in [2.24, 2.45) is 0 Å². The Morgan fingerprint density at radius 2 is 1.85 bits per heavy atom. The van der Waals surface area contributed by atoms with E-state index in [1.54, 1.807) is 0 Å². The molecule has 1 aromatic carbocycles. The molecule has 27 heavy (non-hydrogen) atoms. The number of benzene rings is 1. The van der Waals surface area contributed by atoms with Gasteiger partial charge in [-0.25, -0.2) is 9.97 Å². The normalized spacial score (nSPS) is 15.7. The van der Waals surface area contributed by atoms with Crippen LogP contribution in [0.4, 0.5) is 24.7 Å². The second-order valence-electron chi connectivity index (χ2n) is 6.19. The van der Waals surface area contributed by atoms with Crippen LogP contribution in [0.25, 0.3) is 0 Å². The van der Waals surface area contributed by atoms with Gasteiger partial charge in [0.2, 0.25) is 0 Å². The molecule has 1 fully saturated rings. The molecule has 1 aliphatic rings. The fraction of sp³-hybridized carbons (Fsp3) is 0.353. The summed E-state index contributed by atoms with van der Waals surface area (Å²) in [7, 11) is 2.01. The maximum Gasteiger partial charge on any atom is 0.418 e. The molecule has 6 nitrogen and oxygen atoms in total. The molecule has 1 amide bonds. The number of piperazine rings is 1. The minimum atomic E-state index is -4.65. The molecule has 0 radical (unpaired) electrons. The van der Waals surface area contributed by atoms with Gasteiger partial charge in [-0.3, -0.25) is 4.79 Å². The molecular formula is C17H17ClF3N5O. The first kappa shape index (κ1) is 19.4. The van der Waals surface area contributed by atoms with Gasteiger partial charge in [0.15, 0.2) is 0 Å². The first-order valence-corrected chi connectivity index (χ1v) is 8.55. The van der Waals surface area contributed by atoms with Crippen LogP contribution in [0.1, 0.15) is 16.1 Å². The number of anilines is 2. The molecule has 0 saturated carbocycles. The molecule has 1 aromatic heterocycles. The van der Waals surface area contributed by atoms with Crippen LogP contribution in [0.2, 0.25) is 5.02 Å². The maximum absolute atomic E-state index is 13.2. The van der Waals surface area contributed by atoms with Crippen LogP contribution >= 0.6 is 11.6 Å². The Bertz CT molecular complexity index is 838. The molecule has 1 saturated heterocycles. The van der Waals surface area contributed by atoms with Crippen molar-refractivity contribution in [1.82, 2.24) is 14.9 Å². The third-order valence-corrected chi connectivity index (χ3v) is 4.48. The highest BCUT2D eigenvalue weighted by Crippen LogP contribution is 2.36. The number of likely N-dealkylation sites (N-methyl/N-ethyl adjacent to an activating group) is 1. The summed E-state index contributed by atoms with van der Waals surface area (Å²) in [5.41, 5.74) is -1.41. The van der Waals surface area contributed by atoms with Crippen molar-refractivity contribution >= 4 is 29.0 Å². The van der Waals surface area contributed by atoms with Gasteiger partial charge in [0.05, 0.1) is 11.3 Å². The van der Waals surface area contributed by atoms with Crippen LogP contribution in [0.3, 0.4) is 0 Å². The molecule has 144 valence electrons. The zero-order chi connectivity index (χ0) is 19.6. The van der Waals surface area contributed by atoms with Crippen LogP contribution in [-0.4, -0.2) is 54.0 Å². The van der Waals surface area contributed by atoms with E-state index >= 15 is 0 Å². The number of aromatic nitrogens is 2. The number of hydrogen-bond acceptors (Lipinski definition) is 5. The summed E-state index contributed by atoms with van der Waals surface area (Å²) in [6, 6.07) is 4.64. The van der Waals surface area contributed by atoms with E-state index in [4.69, 9.17) is 11.6 Å². The van der Waals surface area contributed by atoms with Crippen LogP contribution in [-0.2, 0) is 6.18 Å². The largest absolute Gasteiger partial charge is 0.418 e. The van der Waals surface area contributed by atoms with Crippen molar-refractivity contribution < 1.29 is 18.0 Å². The van der Waals surface area contributed by atoms with Crippen molar-refractivity contribution in [3.05, 3.63) is 46.9 Å². The predicted octanol–water partition coefficient (Wildman–Crippen LogP) is 3.15. The quantitative estimate of drug-likeness (QED) is 0.859. The molecular weight excluding hydrogens is 383 g/mol. The molecule has 1 aliphatic heterocycles. The van der Waals surface area contributed by atoms with Gasteiger partial charge < -0.3 is 15.1 Å². The standard InChI is InChI=1S/C17H17ClF3N5O/c1-25-4-6-26(7-5-25)15-9-14(22-10-23-15)16(27)24-13-3-2-11(18)8-12(13)17(19,20)21/h2-3,8-10H,4-7H2,1H3,(H,24,27). The zero-order valence-electron chi connectivity index (χ0n) is 14.4. The lowest BCUT2D eigenvalue weighted by Gasteiger charge is -2.33. The van der Waals surface area contributed by atoms with E-state index in [2.05, 4.69) is 20.2 Å². The van der Waals surface area contributed by atoms with Crippen molar-refractivity contribution in [3.63, 3.8) is 0 Å². The van der Waals surface area contributed by atoms with E-state index in [0.29, 0.717) is 5.82 Å². The van der Waals surface area contributed by atoms with Gasteiger partial charge in [0, 0.05) is 37.3 Å². The number of rotatable bonds is 3. The fourth-order valence-corrected chi connectivity index (χ4v) is 2.90. The second-order valence-corrected chi connectivity index (χ2v) is 6.63. The van der Waals surface area contributed by atoms with E-state index in [-0.39, 0.29) is 16.4 Å². The molecule has 1 N–H and O–H groups in total. The van der Waals surface area contributed by atoms with E-state index in [1.807, 2.05) is 11.9 Å². The molecule has 2 heterocycles. The number of carbonyl (C=O) groups is 1. The van der Waals surface area contributed by atoms with Gasteiger partial charge in [0.1, 0.15) is 17.8 Å². The monoisotopic (exact) mass is 399 g/mol. The molecule has 0 aliphatic carbocycles. The molecule has 3 rings (SSSR count). The van der Waals surface area contributed by atoms with Crippen LogP contribution in [0.15, 0.2) is 30.6 Å². The number of hydrogen-bond donors (Lipinski definition) is 1. The Kier molecular flexibility index (Phi) is 5.52. The number of nitrogens with zero attached hydrogens (tertiary/aromatic N) is 4. The topological polar surface area (TPSA) is 61.4 Å². The van der Waals surface area contributed by atoms with Gasteiger partial charge in [-0.2, -0.15) is 13.2 Å². The van der Waals surface area contributed by atoms with Gasteiger partial charge >= 0.3 is 6.18 Å².